The van der Waals surface area contributed by atoms with Crippen LogP contribution in [0.15, 0.2) is 84.3 Å². The molecule has 3 aromatic carbocycles. The first kappa shape index (κ1) is 54.8. The molecular formula is C60H69N7O12S. The van der Waals surface area contributed by atoms with Crippen molar-refractivity contribution in [2.75, 3.05) is 78.4 Å². The van der Waals surface area contributed by atoms with E-state index in [1.165, 1.54) is 39.6 Å². The highest BCUT2D eigenvalue weighted by molar-refractivity contribution is 7.12. The Morgan fingerprint density at radius 3 is 2.35 bits per heavy atom. The normalized spacial score (nSPS) is 30.0. The van der Waals surface area contributed by atoms with Crippen LogP contribution in [-0.2, 0) is 50.6 Å². The highest BCUT2D eigenvalue weighted by Gasteiger charge is 2.80. The van der Waals surface area contributed by atoms with E-state index in [9.17, 15) is 29.4 Å². The topological polar surface area (TPSA) is 238 Å². The maximum absolute atomic E-state index is 15.3. The number of carbonyl (C=O) groups excluding carboxylic acids is 5. The number of hydrogen-bond acceptors (Lipinski definition) is 17. The Balaban J connectivity index is 0.000000269. The van der Waals surface area contributed by atoms with Gasteiger partial charge in [-0.05, 0) is 104 Å². The molecule has 1 amide bonds. The molecule has 2 saturated heterocycles. The van der Waals surface area contributed by atoms with Gasteiger partial charge in [0.1, 0.15) is 11.2 Å². The molecule has 10 atom stereocenters. The minimum absolute atomic E-state index is 0.0380. The predicted molar refractivity (Wildman–Crippen MR) is 300 cm³/mol. The Kier molecular flexibility index (Phi) is 14.0. The van der Waals surface area contributed by atoms with Gasteiger partial charge in [0.25, 0.3) is 0 Å². The van der Waals surface area contributed by atoms with Crippen LogP contribution in [0, 0.1) is 11.3 Å². The molecule has 20 heteroatoms. The van der Waals surface area contributed by atoms with E-state index in [-0.39, 0.29) is 23.7 Å². The first-order valence-electron chi connectivity index (χ1n) is 27.3. The highest BCUT2D eigenvalue weighted by atomic mass is 32.1. The van der Waals surface area contributed by atoms with E-state index < -0.39 is 63.6 Å². The third-order valence-electron chi connectivity index (χ3n) is 18.5. The molecular weight excluding hydrogens is 1040 g/mol. The summed E-state index contributed by atoms with van der Waals surface area (Å²) in [6.45, 7) is 8.62. The van der Waals surface area contributed by atoms with E-state index in [0.29, 0.717) is 104 Å². The van der Waals surface area contributed by atoms with Crippen LogP contribution in [0.2, 0.25) is 0 Å². The Bertz CT molecular complexity index is 3470. The largest absolute Gasteiger partial charge is 0.496 e. The summed E-state index contributed by atoms with van der Waals surface area (Å²) >= 11 is 1.40. The number of carbonyl (C=O) groups is 5. The van der Waals surface area contributed by atoms with Crippen molar-refractivity contribution in [2.45, 2.75) is 99.5 Å². The van der Waals surface area contributed by atoms with Crippen molar-refractivity contribution in [3.05, 3.63) is 117 Å². The minimum atomic E-state index is -2.30. The molecule has 5 aliphatic heterocycles. The molecule has 1 aliphatic carbocycles. The molecule has 422 valence electrons. The van der Waals surface area contributed by atoms with Crippen LogP contribution in [0.25, 0.3) is 21.9 Å². The molecule has 12 rings (SSSR count). The summed E-state index contributed by atoms with van der Waals surface area (Å²) in [6, 6.07) is 19.7. The van der Waals surface area contributed by atoms with E-state index in [2.05, 4.69) is 59.1 Å². The number of nitrogens with zero attached hydrogens (tertiary/aromatic N) is 4. The lowest BCUT2D eigenvalue weighted by Gasteiger charge is -2.63. The van der Waals surface area contributed by atoms with Gasteiger partial charge in [0, 0.05) is 96.5 Å². The number of benzene rings is 3. The second kappa shape index (κ2) is 20.5. The van der Waals surface area contributed by atoms with Gasteiger partial charge in [-0.3, -0.25) is 29.5 Å². The Morgan fingerprint density at radius 1 is 0.863 bits per heavy atom. The number of thiophene rings is 1. The third kappa shape index (κ3) is 8.25. The number of nitrogens with one attached hydrogen (secondary N) is 3. The van der Waals surface area contributed by atoms with Gasteiger partial charge in [0.2, 0.25) is 17.3 Å². The Hall–Kier alpha value is -7.10. The van der Waals surface area contributed by atoms with Crippen LogP contribution in [0.5, 0.6) is 5.75 Å². The number of aromatic amines is 2. The number of amides is 1. The zero-order chi connectivity index (χ0) is 56.7. The van der Waals surface area contributed by atoms with Crippen LogP contribution in [0.3, 0.4) is 0 Å². The molecule has 19 nitrogen and oxygen atoms in total. The highest BCUT2D eigenvalue weighted by Crippen LogP contribution is 2.68. The van der Waals surface area contributed by atoms with E-state index in [4.69, 9.17) is 18.9 Å². The number of hydrogen-bond donors (Lipinski definition) is 5. The fourth-order valence-corrected chi connectivity index (χ4v) is 16.1. The molecule has 0 radical (unpaired) electrons. The number of fused-ring (bicyclic) bond motifs is 7. The molecule has 3 aromatic heterocycles. The summed E-state index contributed by atoms with van der Waals surface area (Å²) in [5.74, 6) is -1.33. The number of imidazole rings is 1. The number of anilines is 2. The molecule has 5 N–H and O–H groups in total. The second-order valence-electron chi connectivity index (χ2n) is 22.4. The SMILES string of the molecule is CC[C@]1(O)C[C@@H]2CN(CCc3c([nH]c4ccccc34)[C@@](C(=O)OC)(c3cc4c(cc3OC)N(C)[C@H]3[C@@](O)(C(=O)OC)[C@H](OC(C)=O)[C@]5(CC)C=CCN6CC[C@]43[C@@H]65)C2)C1.COC(=O)Nc1nc2ccc(C(=O)c3cccs3)cc2[nH]1. The van der Waals surface area contributed by atoms with Crippen molar-refractivity contribution < 1.29 is 57.9 Å². The standard InChI is InChI=1S/C46H58N4O9.C14H11N3O3S/c1-8-42(54)23-28-24-45(40(52)57-6,36-30(15-19-49(25-28)26-42)29-13-10-11-14-33(29)47-36)32-21-31-34(22-35(32)56-5)48(4)38-44(31)17-20-50-18-12-16-43(9-2,37(44)50)39(59-27(3)51)46(38,55)41(53)58-7;1-20-14(19)17-13-15-9-5-4-8(7-10(9)16-13)12(18)11-3-2-6-21-11/h10-14,16,21-22,28,37-39,47,54-55H,8-9,15,17-20,23-26H2,1-7H3;2-7H,1H3,(H2,15,16,17,19)/t28-,37-,38+,39+,42-,43+,44+,45-,46-;/m0./s1. The van der Waals surface area contributed by atoms with Gasteiger partial charge in [-0.1, -0.05) is 50.3 Å². The number of H-pyrrole nitrogens is 2. The third-order valence-corrected chi connectivity index (χ3v) is 19.4. The van der Waals surface area contributed by atoms with Crippen LogP contribution in [0.4, 0.5) is 16.4 Å². The zero-order valence-corrected chi connectivity index (χ0v) is 47.2. The molecule has 8 heterocycles. The first-order valence-corrected chi connectivity index (χ1v) is 28.2. The monoisotopic (exact) mass is 1110 g/mol. The molecule has 6 aromatic rings. The summed E-state index contributed by atoms with van der Waals surface area (Å²) in [6.07, 6.45) is 5.34. The molecule has 1 unspecified atom stereocenters. The lowest BCUT2D eigenvalue weighted by atomic mass is 9.47. The van der Waals surface area contributed by atoms with Crippen molar-refractivity contribution in [2.24, 2.45) is 11.3 Å². The minimum Gasteiger partial charge on any atom is -0.496 e. The summed E-state index contributed by atoms with van der Waals surface area (Å²) in [7, 11) is 7.43. The number of aromatic nitrogens is 3. The fraction of sp³-hybridized carbons (Fsp3) is 0.467. The Morgan fingerprint density at radius 2 is 1.65 bits per heavy atom. The number of ketones is 1. The predicted octanol–water partition coefficient (Wildman–Crippen LogP) is 7.02. The van der Waals surface area contributed by atoms with Crippen LogP contribution < -0.4 is 15.0 Å². The number of methoxy groups -OCH3 is 4. The van der Waals surface area contributed by atoms with E-state index >= 15 is 4.79 Å². The average molecular weight is 1110 g/mol. The summed E-state index contributed by atoms with van der Waals surface area (Å²) < 4.78 is 28.4. The van der Waals surface area contributed by atoms with Crippen molar-refractivity contribution in [1.82, 2.24) is 24.8 Å². The zero-order valence-electron chi connectivity index (χ0n) is 46.3. The molecule has 2 bridgehead atoms. The summed E-state index contributed by atoms with van der Waals surface area (Å²) in [5.41, 5.74) is 0.270. The van der Waals surface area contributed by atoms with E-state index in [1.807, 2.05) is 61.5 Å². The number of piperidine rings is 1. The average Bonchev–Trinajstić information content (AvgIpc) is 2.89. The second-order valence-corrected chi connectivity index (χ2v) is 23.4. The summed E-state index contributed by atoms with van der Waals surface area (Å²) in [5, 5.41) is 30.6. The lowest BCUT2D eigenvalue weighted by molar-refractivity contribution is -0.228. The number of esters is 3. The van der Waals surface area contributed by atoms with Gasteiger partial charge < -0.3 is 48.8 Å². The van der Waals surface area contributed by atoms with Gasteiger partial charge >= 0.3 is 24.0 Å². The first-order chi connectivity index (χ1) is 38.4. The van der Waals surface area contributed by atoms with Gasteiger partial charge in [-0.15, -0.1) is 11.3 Å². The number of rotatable bonds is 10. The fourth-order valence-electron chi connectivity index (χ4n) is 15.4. The molecule has 3 fully saturated rings. The molecule has 6 aliphatic rings. The van der Waals surface area contributed by atoms with Crippen molar-refractivity contribution in [1.29, 1.82) is 0 Å². The van der Waals surface area contributed by atoms with Crippen molar-refractivity contribution in [3.63, 3.8) is 0 Å². The lowest BCUT2D eigenvalue weighted by Crippen LogP contribution is -2.81. The van der Waals surface area contributed by atoms with Gasteiger partial charge in [-0.2, -0.15) is 0 Å². The molecule has 80 heavy (non-hydrogen) atoms. The van der Waals surface area contributed by atoms with Crippen molar-refractivity contribution >= 4 is 74.7 Å². The smallest absolute Gasteiger partial charge is 0.413 e. The molecule has 1 spiro atoms. The van der Waals surface area contributed by atoms with Crippen LogP contribution in [-0.4, -0.2) is 162 Å². The maximum atomic E-state index is 15.3. The van der Waals surface area contributed by atoms with E-state index in [1.54, 1.807) is 31.4 Å². The van der Waals surface area contributed by atoms with Gasteiger partial charge in [-0.25, -0.2) is 14.6 Å². The van der Waals surface area contributed by atoms with Crippen LogP contribution in [0.1, 0.15) is 90.5 Å². The van der Waals surface area contributed by atoms with Gasteiger partial charge in [0.15, 0.2) is 6.10 Å². The summed E-state index contributed by atoms with van der Waals surface area (Å²) in [4.78, 5) is 84.4. The van der Waals surface area contributed by atoms with Crippen molar-refractivity contribution in [3.8, 4) is 5.75 Å². The number of likely N-dealkylation sites (N-methyl/N-ethyl adjacent to an activating group) is 1. The van der Waals surface area contributed by atoms with E-state index in [0.717, 1.165) is 33.4 Å². The number of ether oxygens (including phenoxy) is 5. The number of aliphatic hydroxyl groups is 2. The van der Waals surface area contributed by atoms with Crippen LogP contribution >= 0.6 is 11.3 Å². The maximum Gasteiger partial charge on any atom is 0.413 e. The quantitative estimate of drug-likeness (QED) is 0.0401. The van der Waals surface area contributed by atoms with Gasteiger partial charge in [0.05, 0.1) is 56.0 Å². The Labute approximate surface area is 467 Å². The molecule has 1 saturated carbocycles. The number of para-hydroxylation sites is 1.